The zero-order valence-corrected chi connectivity index (χ0v) is 6.71. The highest BCUT2D eigenvalue weighted by molar-refractivity contribution is 4.71. The van der Waals surface area contributed by atoms with Crippen LogP contribution in [0, 0.1) is 5.92 Å². The van der Waals surface area contributed by atoms with Crippen LogP contribution in [0.3, 0.4) is 0 Å². The molecule has 2 heteroatoms. The fraction of sp³-hybridized carbons (Fsp3) is 1.00. The second-order valence-corrected chi connectivity index (χ2v) is 3.35. The summed E-state index contributed by atoms with van der Waals surface area (Å²) >= 11 is 0. The van der Waals surface area contributed by atoms with Crippen molar-refractivity contribution in [2.45, 2.75) is 38.9 Å². The van der Waals surface area contributed by atoms with Gasteiger partial charge in [-0.05, 0) is 18.8 Å². The molecule has 1 N–H and O–H groups in total. The van der Waals surface area contributed by atoms with E-state index < -0.39 is 0 Å². The monoisotopic (exact) mass is 144 g/mol. The van der Waals surface area contributed by atoms with Crippen molar-refractivity contribution in [2.75, 3.05) is 6.61 Å². The molecule has 1 aliphatic heterocycles. The fourth-order valence-corrected chi connectivity index (χ4v) is 1.28. The summed E-state index contributed by atoms with van der Waals surface area (Å²) < 4.78 is 5.40. The van der Waals surface area contributed by atoms with Crippen molar-refractivity contribution in [1.82, 2.24) is 0 Å². The molecule has 1 aliphatic rings. The molecular formula is C8H16O2. The molecule has 0 spiro atoms. The summed E-state index contributed by atoms with van der Waals surface area (Å²) in [6, 6.07) is 0. The number of rotatable bonds is 1. The topological polar surface area (TPSA) is 29.5 Å². The number of aliphatic hydroxyl groups is 1. The average molecular weight is 144 g/mol. The Morgan fingerprint density at radius 1 is 1.40 bits per heavy atom. The molecule has 60 valence electrons. The van der Waals surface area contributed by atoms with Crippen molar-refractivity contribution >= 4 is 0 Å². The number of hydrogen-bond acceptors (Lipinski definition) is 2. The van der Waals surface area contributed by atoms with Crippen LogP contribution in [0.4, 0.5) is 0 Å². The van der Waals surface area contributed by atoms with Crippen LogP contribution in [0.15, 0.2) is 0 Å². The Bertz CT molecular complexity index is 93.4. The van der Waals surface area contributed by atoms with Crippen LogP contribution in [0.2, 0.25) is 0 Å². The molecule has 0 aliphatic carbocycles. The zero-order valence-electron chi connectivity index (χ0n) is 6.71. The van der Waals surface area contributed by atoms with E-state index in [1.54, 1.807) is 0 Å². The van der Waals surface area contributed by atoms with Crippen molar-refractivity contribution in [3.63, 3.8) is 0 Å². The molecule has 10 heavy (non-hydrogen) atoms. The smallest absolute Gasteiger partial charge is 0.0774 e. The number of ether oxygens (including phenoxy) is 1. The van der Waals surface area contributed by atoms with Crippen molar-refractivity contribution in [2.24, 2.45) is 5.92 Å². The molecule has 0 radical (unpaired) electrons. The van der Waals surface area contributed by atoms with Crippen LogP contribution in [-0.2, 0) is 4.74 Å². The van der Waals surface area contributed by atoms with Gasteiger partial charge in [-0.15, -0.1) is 0 Å². The lowest BCUT2D eigenvalue weighted by molar-refractivity contribution is -0.0725. The molecule has 0 aromatic heterocycles. The summed E-state index contributed by atoms with van der Waals surface area (Å²) in [6.07, 6.45) is 2.08. The minimum atomic E-state index is -0.213. The van der Waals surface area contributed by atoms with Gasteiger partial charge in [0.15, 0.2) is 0 Å². The maximum absolute atomic E-state index is 9.08. The SMILES string of the molecule is CC(C)[C@H]1CC[C@@H](O)CO1. The maximum atomic E-state index is 9.08. The minimum Gasteiger partial charge on any atom is -0.391 e. The maximum Gasteiger partial charge on any atom is 0.0774 e. The van der Waals surface area contributed by atoms with Gasteiger partial charge in [0.2, 0.25) is 0 Å². The van der Waals surface area contributed by atoms with Gasteiger partial charge < -0.3 is 9.84 Å². The Kier molecular flexibility index (Phi) is 2.69. The van der Waals surface area contributed by atoms with E-state index in [-0.39, 0.29) is 6.10 Å². The molecule has 0 bridgehead atoms. The Balaban J connectivity index is 2.26. The molecule has 0 unspecified atom stereocenters. The molecule has 1 heterocycles. The molecular weight excluding hydrogens is 128 g/mol. The van der Waals surface area contributed by atoms with Crippen LogP contribution in [0.25, 0.3) is 0 Å². The highest BCUT2D eigenvalue weighted by Crippen LogP contribution is 2.19. The predicted octanol–water partition coefficient (Wildman–Crippen LogP) is 1.18. The van der Waals surface area contributed by atoms with Gasteiger partial charge in [0.25, 0.3) is 0 Å². The van der Waals surface area contributed by atoms with Crippen molar-refractivity contribution in [3.8, 4) is 0 Å². The Morgan fingerprint density at radius 3 is 2.50 bits per heavy atom. The van der Waals surface area contributed by atoms with Crippen molar-refractivity contribution < 1.29 is 9.84 Å². The molecule has 0 aromatic rings. The van der Waals surface area contributed by atoms with Crippen molar-refractivity contribution in [3.05, 3.63) is 0 Å². The van der Waals surface area contributed by atoms with Gasteiger partial charge in [0.05, 0.1) is 18.8 Å². The van der Waals surface area contributed by atoms with Crippen LogP contribution < -0.4 is 0 Å². The summed E-state index contributed by atoms with van der Waals surface area (Å²) in [4.78, 5) is 0. The van der Waals surface area contributed by atoms with Crippen LogP contribution >= 0.6 is 0 Å². The molecule has 0 amide bonds. The van der Waals surface area contributed by atoms with E-state index in [2.05, 4.69) is 13.8 Å². The van der Waals surface area contributed by atoms with Crippen LogP contribution in [-0.4, -0.2) is 23.9 Å². The first-order valence-electron chi connectivity index (χ1n) is 4.00. The van der Waals surface area contributed by atoms with Gasteiger partial charge in [0, 0.05) is 0 Å². The summed E-state index contributed by atoms with van der Waals surface area (Å²) in [5.74, 6) is 0.590. The molecule has 0 aromatic carbocycles. The first kappa shape index (κ1) is 8.02. The van der Waals surface area contributed by atoms with Gasteiger partial charge in [0.1, 0.15) is 0 Å². The van der Waals surface area contributed by atoms with E-state index in [9.17, 15) is 0 Å². The minimum absolute atomic E-state index is 0.213. The van der Waals surface area contributed by atoms with Crippen LogP contribution in [0.1, 0.15) is 26.7 Å². The van der Waals surface area contributed by atoms with Gasteiger partial charge in [-0.1, -0.05) is 13.8 Å². The molecule has 1 saturated heterocycles. The van der Waals surface area contributed by atoms with E-state index in [0.29, 0.717) is 18.6 Å². The second-order valence-electron chi connectivity index (χ2n) is 3.35. The Morgan fingerprint density at radius 2 is 2.10 bits per heavy atom. The fourth-order valence-electron chi connectivity index (χ4n) is 1.28. The number of hydrogen-bond donors (Lipinski definition) is 1. The molecule has 2 atom stereocenters. The Labute approximate surface area is 62.2 Å². The third-order valence-corrected chi connectivity index (χ3v) is 2.03. The Hall–Kier alpha value is -0.0800. The van der Waals surface area contributed by atoms with E-state index in [4.69, 9.17) is 9.84 Å². The van der Waals surface area contributed by atoms with Crippen molar-refractivity contribution in [1.29, 1.82) is 0 Å². The lowest BCUT2D eigenvalue weighted by Crippen LogP contribution is -2.32. The van der Waals surface area contributed by atoms with Gasteiger partial charge >= 0.3 is 0 Å². The molecule has 1 fully saturated rings. The first-order valence-corrected chi connectivity index (χ1v) is 4.00. The van der Waals surface area contributed by atoms with Gasteiger partial charge in [-0.25, -0.2) is 0 Å². The van der Waals surface area contributed by atoms with E-state index >= 15 is 0 Å². The molecule has 1 rings (SSSR count). The quantitative estimate of drug-likeness (QED) is 0.599. The predicted molar refractivity (Wildman–Crippen MR) is 39.8 cm³/mol. The summed E-state index contributed by atoms with van der Waals surface area (Å²) in [7, 11) is 0. The lowest BCUT2D eigenvalue weighted by Gasteiger charge is -2.28. The summed E-state index contributed by atoms with van der Waals surface area (Å²) in [5, 5.41) is 9.08. The third kappa shape index (κ3) is 1.96. The summed E-state index contributed by atoms with van der Waals surface area (Å²) in [5.41, 5.74) is 0. The first-order chi connectivity index (χ1) is 4.70. The standard InChI is InChI=1S/C8H16O2/c1-6(2)8-4-3-7(9)5-10-8/h6-9H,3-5H2,1-2H3/t7-,8-/m1/s1. The van der Waals surface area contributed by atoms with Gasteiger partial charge in [-0.3, -0.25) is 0 Å². The van der Waals surface area contributed by atoms with E-state index in [1.165, 1.54) is 0 Å². The third-order valence-electron chi connectivity index (χ3n) is 2.03. The second kappa shape index (κ2) is 3.35. The zero-order chi connectivity index (χ0) is 7.56. The highest BCUT2D eigenvalue weighted by Gasteiger charge is 2.21. The van der Waals surface area contributed by atoms with E-state index in [0.717, 1.165) is 12.8 Å². The molecule has 0 saturated carbocycles. The number of aliphatic hydroxyl groups excluding tert-OH is 1. The molecule has 2 nitrogen and oxygen atoms in total. The lowest BCUT2D eigenvalue weighted by atomic mass is 9.98. The normalized spacial score (nSPS) is 34.8. The highest BCUT2D eigenvalue weighted by atomic mass is 16.5. The van der Waals surface area contributed by atoms with E-state index in [1.807, 2.05) is 0 Å². The van der Waals surface area contributed by atoms with Gasteiger partial charge in [-0.2, -0.15) is 0 Å². The summed E-state index contributed by atoms with van der Waals surface area (Å²) in [6.45, 7) is 4.84. The average Bonchev–Trinajstić information content (AvgIpc) is 1.88. The van der Waals surface area contributed by atoms with Crippen LogP contribution in [0.5, 0.6) is 0 Å². The largest absolute Gasteiger partial charge is 0.391 e.